The molecule has 0 amide bonds. The van der Waals surface area contributed by atoms with Gasteiger partial charge in [0, 0.05) is 65.2 Å². The van der Waals surface area contributed by atoms with E-state index in [2.05, 4.69) is 24.3 Å². The summed E-state index contributed by atoms with van der Waals surface area (Å²) in [4.78, 5) is 49.0. The van der Waals surface area contributed by atoms with E-state index in [1.54, 1.807) is 0 Å². The Balaban J connectivity index is 0.000000153. The number of benzene rings is 16. The maximum Gasteiger partial charge on any atom is 0.284 e. The maximum absolute atomic E-state index is 15.6. The van der Waals surface area contributed by atoms with E-state index in [1.807, 2.05) is 388 Å². The average molecular weight is 1640 g/mol. The molecule has 2 aliphatic rings. The first-order valence-corrected chi connectivity index (χ1v) is 43.8. The lowest BCUT2D eigenvalue weighted by Crippen LogP contribution is -2.25. The van der Waals surface area contributed by atoms with Gasteiger partial charge in [-0.15, -0.1) is 0 Å². The molecule has 16 nitrogen and oxygen atoms in total. The lowest BCUT2D eigenvalue weighted by molar-refractivity contribution is 0.339. The molecule has 0 aliphatic carbocycles. The molecule has 588 valence electrons. The van der Waals surface area contributed by atoms with Gasteiger partial charge in [0.25, 0.3) is 23.5 Å². The summed E-state index contributed by atoms with van der Waals surface area (Å²) in [6, 6.07) is 134. The third-order valence-electron chi connectivity index (χ3n) is 21.8. The minimum Gasteiger partial charge on any atom is -0.431 e. The second-order valence-electron chi connectivity index (χ2n) is 29.6. The lowest BCUT2D eigenvalue weighted by atomic mass is 9.92. The number of nitrogens with zero attached hydrogens (tertiary/aromatic N) is 10. The van der Waals surface area contributed by atoms with Gasteiger partial charge < -0.3 is 28.1 Å². The summed E-state index contributed by atoms with van der Waals surface area (Å²) < 4.78 is 57.1. The van der Waals surface area contributed by atoms with Crippen molar-refractivity contribution < 1.29 is 28.1 Å². The number of hydrogen-bond donors (Lipinski definition) is 0. The van der Waals surface area contributed by atoms with Crippen LogP contribution >= 0.6 is 14.3 Å². The first-order valence-electron chi connectivity index (χ1n) is 40.3. The molecular formula is C106H68N10O6P2. The van der Waals surface area contributed by atoms with E-state index in [1.165, 1.54) is 0 Å². The molecule has 0 bridgehead atoms. The van der Waals surface area contributed by atoms with Crippen molar-refractivity contribution in [2.75, 3.05) is 0 Å². The van der Waals surface area contributed by atoms with Crippen molar-refractivity contribution >= 4 is 68.2 Å². The van der Waals surface area contributed by atoms with Gasteiger partial charge in [-0.05, 0) is 117 Å². The minimum atomic E-state index is -3.31. The Morgan fingerprint density at radius 3 is 0.597 bits per heavy atom. The summed E-state index contributed by atoms with van der Waals surface area (Å²) >= 11 is 0. The standard InChI is InChI=1S/C56H34N8O2.C50H34N2O4P2/c1-5-17-35(18-6-1)49-59-50(36-19-7-2-8-20-36)62-53(61-49)41-27-15-25-39(31-41)43-33-47-48(66-56-55(65-47)57-45-29-13-14-30-46(45)58-56)34-44(43)40-26-16-28-42(32-40)54-63-51(37-21-9-3-10-22-37)60-52(64-54)38-23-11-4-12-24-38;53-57(37-19-5-1-6-20-37,38-21-7-2-8-22-38)41-27-15-17-35(31-41)43-33-47-48(56-50-49(55-47)51-45-29-13-14-30-46(45)52-50)34-44(43)36-18-16-28-42(32-36)58(54,39-23-9-3-10-24-39)40-25-11-4-12-26-40/h1-34H;1-34H. The van der Waals surface area contributed by atoms with Crippen LogP contribution in [0.15, 0.2) is 413 Å². The third kappa shape index (κ3) is 14.7. The normalized spacial score (nSPS) is 11.9. The van der Waals surface area contributed by atoms with Crippen LogP contribution in [0.2, 0.25) is 0 Å². The van der Waals surface area contributed by atoms with Crippen LogP contribution in [0, 0.1) is 0 Å². The van der Waals surface area contributed by atoms with Crippen molar-refractivity contribution in [3.8, 4) is 159 Å². The molecule has 0 spiro atoms. The van der Waals surface area contributed by atoms with Crippen LogP contribution in [0.5, 0.6) is 46.5 Å². The number of rotatable bonds is 16. The largest absolute Gasteiger partial charge is 0.431 e. The highest BCUT2D eigenvalue weighted by Gasteiger charge is 2.35. The molecule has 16 aromatic carbocycles. The number of hydrogen-bond acceptors (Lipinski definition) is 16. The summed E-state index contributed by atoms with van der Waals surface area (Å²) in [6.45, 7) is 0. The number of aromatic nitrogens is 10. The van der Waals surface area contributed by atoms with Gasteiger partial charge >= 0.3 is 0 Å². The van der Waals surface area contributed by atoms with Gasteiger partial charge in [-0.3, -0.25) is 0 Å². The van der Waals surface area contributed by atoms with Gasteiger partial charge in [0.2, 0.25) is 0 Å². The van der Waals surface area contributed by atoms with Crippen molar-refractivity contribution in [3.05, 3.63) is 413 Å². The molecule has 0 atom stereocenters. The van der Waals surface area contributed by atoms with Crippen LogP contribution in [0.3, 0.4) is 0 Å². The second-order valence-corrected chi connectivity index (χ2v) is 35.2. The second kappa shape index (κ2) is 32.5. The van der Waals surface area contributed by atoms with E-state index < -0.39 is 14.3 Å². The quantitative estimate of drug-likeness (QED) is 0.0826. The van der Waals surface area contributed by atoms with Crippen LogP contribution in [-0.4, -0.2) is 49.8 Å². The zero-order valence-corrected chi connectivity index (χ0v) is 67.9. The van der Waals surface area contributed by atoms with Crippen molar-refractivity contribution in [2.24, 2.45) is 0 Å². The monoisotopic (exact) mass is 1640 g/mol. The van der Waals surface area contributed by atoms with E-state index in [-0.39, 0.29) is 11.8 Å². The van der Waals surface area contributed by atoms with Crippen molar-refractivity contribution in [2.45, 2.75) is 0 Å². The summed E-state index contributed by atoms with van der Waals surface area (Å²) in [5, 5.41) is 4.36. The van der Waals surface area contributed by atoms with Gasteiger partial charge in [-0.2, -0.15) is 0 Å². The van der Waals surface area contributed by atoms with E-state index in [4.69, 9.17) is 68.8 Å². The molecule has 20 aromatic rings. The summed E-state index contributed by atoms with van der Waals surface area (Å²) in [7, 11) is -6.62. The van der Waals surface area contributed by atoms with Gasteiger partial charge in [-0.25, -0.2) is 49.8 Å². The molecule has 2 aliphatic heterocycles. The molecule has 124 heavy (non-hydrogen) atoms. The Labute approximate surface area is 713 Å². The zero-order chi connectivity index (χ0) is 82.9. The van der Waals surface area contributed by atoms with Crippen LogP contribution in [0.25, 0.3) is 135 Å². The van der Waals surface area contributed by atoms with E-state index >= 15 is 9.13 Å². The van der Waals surface area contributed by atoms with Gasteiger partial charge in [0.15, 0.2) is 72.2 Å². The Hall–Kier alpha value is -16.1. The van der Waals surface area contributed by atoms with Crippen molar-refractivity contribution in [1.82, 2.24) is 49.8 Å². The van der Waals surface area contributed by atoms with E-state index in [0.29, 0.717) is 102 Å². The number of ether oxygens (including phenoxy) is 4. The predicted molar refractivity (Wildman–Crippen MR) is 492 cm³/mol. The lowest BCUT2D eigenvalue weighted by Gasteiger charge is -2.24. The molecule has 0 saturated heterocycles. The van der Waals surface area contributed by atoms with E-state index in [9.17, 15) is 0 Å². The van der Waals surface area contributed by atoms with Gasteiger partial charge in [0.1, 0.15) is 0 Å². The molecule has 0 saturated carbocycles. The SMILES string of the molecule is O=P(c1ccccc1)(c1ccccc1)c1cccc(-c2cc3c(cc2-c2cccc(P(=O)(c4ccccc4)c4ccccc4)c2)Oc2nc4ccccc4nc2O3)c1.c1ccc(-c2nc(-c3ccccc3)nc(-c3cccc(-c4cc5c(cc4-c4cccc(-c6nc(-c7ccccc7)nc(-c7ccccc7)n6)c4)Oc4nc6ccccc6nc4O5)c3)n2)cc1. The van der Waals surface area contributed by atoms with Crippen LogP contribution in [-0.2, 0) is 9.13 Å². The third-order valence-corrected chi connectivity index (χ3v) is 27.9. The Bertz CT molecular complexity index is 6920. The topological polar surface area (TPSA) is 200 Å². The highest BCUT2D eigenvalue weighted by molar-refractivity contribution is 7.85. The number of para-hydroxylation sites is 4. The fourth-order valence-corrected chi connectivity index (χ4v) is 21.1. The highest BCUT2D eigenvalue weighted by atomic mass is 31.2. The van der Waals surface area contributed by atoms with E-state index in [0.717, 1.165) is 99.1 Å². The summed E-state index contributed by atoms with van der Waals surface area (Å²) in [5.74, 6) is 6.46. The Morgan fingerprint density at radius 2 is 0.347 bits per heavy atom. The zero-order valence-electron chi connectivity index (χ0n) is 66.1. The first kappa shape index (κ1) is 75.4. The van der Waals surface area contributed by atoms with Crippen LogP contribution in [0.1, 0.15) is 0 Å². The molecule has 22 rings (SSSR count). The van der Waals surface area contributed by atoms with Crippen LogP contribution < -0.4 is 50.8 Å². The average Bonchev–Trinajstić information content (AvgIpc) is 0.743. The van der Waals surface area contributed by atoms with Crippen molar-refractivity contribution in [3.63, 3.8) is 0 Å². The van der Waals surface area contributed by atoms with Gasteiger partial charge in [-0.1, -0.05) is 340 Å². The summed E-state index contributed by atoms with van der Waals surface area (Å²) in [6.07, 6.45) is 0. The molecule has 0 unspecified atom stereocenters. The molecule has 0 radical (unpaired) electrons. The molecule has 4 aromatic heterocycles. The molecule has 0 fully saturated rings. The smallest absolute Gasteiger partial charge is 0.284 e. The molecule has 18 heteroatoms. The fraction of sp³-hybridized carbons (Fsp3) is 0. The van der Waals surface area contributed by atoms with Crippen LogP contribution in [0.4, 0.5) is 0 Å². The first-order chi connectivity index (χ1) is 61.1. The predicted octanol–water partition coefficient (Wildman–Crippen LogP) is 23.4. The Kier molecular flexibility index (Phi) is 19.8. The van der Waals surface area contributed by atoms with Crippen molar-refractivity contribution in [1.29, 1.82) is 0 Å². The number of fused-ring (bicyclic) bond motifs is 6. The van der Waals surface area contributed by atoms with Gasteiger partial charge in [0.05, 0.1) is 22.1 Å². The summed E-state index contributed by atoms with van der Waals surface area (Å²) in [5.41, 5.74) is 14.8. The minimum absolute atomic E-state index is 0.268. The Morgan fingerprint density at radius 1 is 0.161 bits per heavy atom. The molecular weight excluding hydrogens is 1570 g/mol. The maximum atomic E-state index is 15.6. The molecule has 6 heterocycles. The fourth-order valence-electron chi connectivity index (χ4n) is 15.7. The highest BCUT2D eigenvalue weighted by Crippen LogP contribution is 2.53. The molecule has 0 N–H and O–H groups in total.